The first kappa shape index (κ1) is 20.9. The Morgan fingerprint density at radius 1 is 1.07 bits per heavy atom. The smallest absolute Gasteiger partial charge is 0.192 e. The molecule has 0 aromatic carbocycles. The number of ether oxygens (including phenoxy) is 3. The molecule has 166 valence electrons. The molecule has 0 N–H and O–H groups in total. The van der Waals surface area contributed by atoms with Crippen molar-refractivity contribution in [3.63, 3.8) is 0 Å². The van der Waals surface area contributed by atoms with Gasteiger partial charge in [0.1, 0.15) is 11.7 Å². The summed E-state index contributed by atoms with van der Waals surface area (Å²) in [5.74, 6) is 0.513. The van der Waals surface area contributed by atoms with Crippen molar-refractivity contribution in [3.05, 3.63) is 0 Å². The van der Waals surface area contributed by atoms with Crippen molar-refractivity contribution in [2.24, 2.45) is 17.3 Å². The van der Waals surface area contributed by atoms with Gasteiger partial charge < -0.3 is 18.6 Å². The zero-order valence-electron chi connectivity index (χ0n) is 19.8. The van der Waals surface area contributed by atoms with E-state index in [9.17, 15) is 0 Å². The zero-order chi connectivity index (χ0) is 21.0. The second-order valence-corrected chi connectivity index (χ2v) is 17.6. The molecule has 5 heteroatoms. The lowest BCUT2D eigenvalue weighted by atomic mass is 9.64. The molecule has 2 bridgehead atoms. The third-order valence-corrected chi connectivity index (χ3v) is 13.9. The fourth-order valence-corrected chi connectivity index (χ4v) is 8.73. The monoisotopic (exact) mass is 422 g/mol. The minimum Gasteiger partial charge on any atom is -0.413 e. The molecule has 4 nitrogen and oxygen atoms in total. The highest BCUT2D eigenvalue weighted by Crippen LogP contribution is 2.71. The van der Waals surface area contributed by atoms with Crippen LogP contribution in [0.4, 0.5) is 0 Å². The largest absolute Gasteiger partial charge is 0.413 e. The van der Waals surface area contributed by atoms with E-state index in [0.29, 0.717) is 17.9 Å². The van der Waals surface area contributed by atoms with Gasteiger partial charge in [0.2, 0.25) is 0 Å². The van der Waals surface area contributed by atoms with Crippen molar-refractivity contribution < 1.29 is 18.6 Å². The molecule has 0 aromatic heterocycles. The van der Waals surface area contributed by atoms with Gasteiger partial charge in [0.15, 0.2) is 14.1 Å². The van der Waals surface area contributed by atoms with Gasteiger partial charge in [-0.05, 0) is 69.5 Å². The fraction of sp³-hybridized carbons (Fsp3) is 1.00. The van der Waals surface area contributed by atoms with Crippen molar-refractivity contribution in [1.82, 2.24) is 0 Å². The SMILES string of the molecule is C[C@@H]1C[C@@]23CCCC[C@@H](C[C@@H]4O[C@H]4[C@@]24OC(C)(C)O[C@@H]14)[C@@H]3O[Si](C)(C)C(C)(C)C. The van der Waals surface area contributed by atoms with E-state index in [1.54, 1.807) is 0 Å². The van der Waals surface area contributed by atoms with Gasteiger partial charge in [0, 0.05) is 5.41 Å². The Hall–Kier alpha value is 0.0569. The van der Waals surface area contributed by atoms with Crippen molar-refractivity contribution in [2.75, 3.05) is 0 Å². The molecule has 5 rings (SSSR count). The summed E-state index contributed by atoms with van der Waals surface area (Å²) in [5, 5.41) is 0.210. The summed E-state index contributed by atoms with van der Waals surface area (Å²) >= 11 is 0. The lowest BCUT2D eigenvalue weighted by molar-refractivity contribution is -0.221. The molecule has 5 fully saturated rings. The molecular formula is C24H42O4Si. The van der Waals surface area contributed by atoms with Gasteiger partial charge in [-0.15, -0.1) is 0 Å². The molecule has 0 unspecified atom stereocenters. The minimum atomic E-state index is -1.92. The maximum absolute atomic E-state index is 7.41. The molecule has 2 spiro atoms. The van der Waals surface area contributed by atoms with Gasteiger partial charge >= 0.3 is 0 Å². The van der Waals surface area contributed by atoms with Crippen LogP contribution >= 0.6 is 0 Å². The molecule has 2 aliphatic heterocycles. The lowest BCUT2D eigenvalue weighted by Crippen LogP contribution is -2.62. The fourth-order valence-electron chi connectivity index (χ4n) is 7.32. The van der Waals surface area contributed by atoms with Crippen LogP contribution in [-0.2, 0) is 18.6 Å². The van der Waals surface area contributed by atoms with Crippen LogP contribution in [0, 0.1) is 17.3 Å². The first-order chi connectivity index (χ1) is 13.3. The van der Waals surface area contributed by atoms with Gasteiger partial charge in [-0.25, -0.2) is 0 Å². The van der Waals surface area contributed by atoms with Gasteiger partial charge in [-0.1, -0.05) is 40.5 Å². The van der Waals surface area contributed by atoms with Crippen LogP contribution in [-0.4, -0.2) is 44.1 Å². The summed E-state index contributed by atoms with van der Waals surface area (Å²) < 4.78 is 27.5. The number of hydrogen-bond donors (Lipinski definition) is 0. The van der Waals surface area contributed by atoms with Crippen molar-refractivity contribution >= 4 is 8.32 Å². The Morgan fingerprint density at radius 3 is 2.48 bits per heavy atom. The summed E-state index contributed by atoms with van der Waals surface area (Å²) in [4.78, 5) is 0. The molecular weight excluding hydrogens is 380 g/mol. The van der Waals surface area contributed by atoms with Crippen LogP contribution in [0.3, 0.4) is 0 Å². The first-order valence-corrected chi connectivity index (χ1v) is 15.0. The van der Waals surface area contributed by atoms with Crippen molar-refractivity contribution in [3.8, 4) is 0 Å². The highest BCUT2D eigenvalue weighted by molar-refractivity contribution is 6.74. The maximum Gasteiger partial charge on any atom is 0.192 e. The van der Waals surface area contributed by atoms with Crippen LogP contribution in [0.5, 0.6) is 0 Å². The summed E-state index contributed by atoms with van der Waals surface area (Å²) in [6, 6.07) is 0. The highest BCUT2D eigenvalue weighted by Gasteiger charge is 2.81. The Bertz CT molecular complexity index is 685. The van der Waals surface area contributed by atoms with E-state index in [-0.39, 0.29) is 34.4 Å². The summed E-state index contributed by atoms with van der Waals surface area (Å²) in [6.07, 6.45) is 8.24. The second kappa shape index (κ2) is 6.09. The van der Waals surface area contributed by atoms with E-state index < -0.39 is 14.1 Å². The molecule has 2 heterocycles. The average Bonchev–Trinajstić information content (AvgIpc) is 3.27. The molecule has 0 aromatic rings. The molecule has 8 atom stereocenters. The predicted octanol–water partition coefficient (Wildman–Crippen LogP) is 5.65. The number of fused-ring (bicyclic) bond motifs is 2. The van der Waals surface area contributed by atoms with E-state index in [0.717, 1.165) is 12.8 Å². The lowest BCUT2D eigenvalue weighted by Gasteiger charge is -2.52. The first-order valence-electron chi connectivity index (χ1n) is 12.0. The van der Waals surface area contributed by atoms with E-state index in [1.807, 2.05) is 0 Å². The van der Waals surface area contributed by atoms with E-state index >= 15 is 0 Å². The molecule has 3 aliphatic carbocycles. The Morgan fingerprint density at radius 2 is 1.79 bits per heavy atom. The summed E-state index contributed by atoms with van der Waals surface area (Å²) in [7, 11) is -1.92. The Balaban J connectivity index is 1.65. The topological polar surface area (TPSA) is 40.2 Å². The summed E-state index contributed by atoms with van der Waals surface area (Å²) in [6.45, 7) is 18.5. The molecule has 3 saturated carbocycles. The predicted molar refractivity (Wildman–Crippen MR) is 116 cm³/mol. The molecule has 0 amide bonds. The van der Waals surface area contributed by atoms with Crippen LogP contribution in [0.25, 0.3) is 0 Å². The highest BCUT2D eigenvalue weighted by atomic mass is 28.4. The normalized spacial score (nSPS) is 50.9. The third kappa shape index (κ3) is 2.76. The van der Waals surface area contributed by atoms with Gasteiger partial charge in [0.05, 0.1) is 18.3 Å². The standard InChI is InChI=1S/C24H42O4Si/c1-15-14-23-12-10-9-11-16(19(23)27-29(7,8)21(2,3)4)13-17-20(25-17)24(23)18(15)26-22(5,6)28-24/h15-20H,9-14H2,1-8H3/t15-,16+,17+,18+,19+,20-,23-,24-/m1/s1. The van der Waals surface area contributed by atoms with Crippen molar-refractivity contribution in [1.29, 1.82) is 0 Å². The summed E-state index contributed by atoms with van der Waals surface area (Å²) in [5.41, 5.74) is -0.329. The number of hydrogen-bond acceptors (Lipinski definition) is 4. The van der Waals surface area contributed by atoms with Gasteiger partial charge in [-0.2, -0.15) is 0 Å². The van der Waals surface area contributed by atoms with Crippen molar-refractivity contribution in [2.45, 2.75) is 134 Å². The molecule has 2 saturated heterocycles. The zero-order valence-corrected chi connectivity index (χ0v) is 20.8. The van der Waals surface area contributed by atoms with Crippen LogP contribution in [0.2, 0.25) is 18.1 Å². The van der Waals surface area contributed by atoms with E-state index in [1.165, 1.54) is 25.7 Å². The average molecular weight is 423 g/mol. The molecule has 5 aliphatic rings. The van der Waals surface area contributed by atoms with E-state index in [4.69, 9.17) is 18.6 Å². The van der Waals surface area contributed by atoms with E-state index in [2.05, 4.69) is 54.6 Å². The van der Waals surface area contributed by atoms with Gasteiger partial charge in [-0.3, -0.25) is 0 Å². The number of rotatable bonds is 2. The van der Waals surface area contributed by atoms with Crippen LogP contribution in [0.15, 0.2) is 0 Å². The van der Waals surface area contributed by atoms with Gasteiger partial charge in [0.25, 0.3) is 0 Å². The second-order valence-electron chi connectivity index (χ2n) is 12.8. The minimum absolute atomic E-state index is 0.0114. The van der Waals surface area contributed by atoms with Crippen LogP contribution in [0.1, 0.15) is 80.1 Å². The quantitative estimate of drug-likeness (QED) is 0.425. The maximum atomic E-state index is 7.41. The molecule has 29 heavy (non-hydrogen) atoms. The Labute approximate surface area is 178 Å². The van der Waals surface area contributed by atoms with Crippen LogP contribution < -0.4 is 0 Å². The molecule has 0 radical (unpaired) electrons. The third-order valence-electron chi connectivity index (χ3n) is 9.42. The Kier molecular flexibility index (Phi) is 4.40. The number of epoxide rings is 1.